The number of anilines is 1. The fourth-order valence-electron chi connectivity index (χ4n) is 3.86. The van der Waals surface area contributed by atoms with Crippen molar-refractivity contribution >= 4 is 27.2 Å². The van der Waals surface area contributed by atoms with E-state index in [9.17, 15) is 13.2 Å². The highest BCUT2D eigenvalue weighted by Crippen LogP contribution is 2.37. The summed E-state index contributed by atoms with van der Waals surface area (Å²) in [6, 6.07) is 13.6. The predicted molar refractivity (Wildman–Crippen MR) is 113 cm³/mol. The van der Waals surface area contributed by atoms with Crippen molar-refractivity contribution in [2.24, 2.45) is 0 Å². The van der Waals surface area contributed by atoms with Crippen LogP contribution in [0.3, 0.4) is 0 Å². The molecule has 8 heteroatoms. The number of rotatable bonds is 5. The lowest BCUT2D eigenvalue weighted by Crippen LogP contribution is -2.39. The Morgan fingerprint density at radius 2 is 2.03 bits per heavy atom. The number of sulfonamides is 1. The van der Waals surface area contributed by atoms with Gasteiger partial charge in [-0.2, -0.15) is 4.31 Å². The van der Waals surface area contributed by atoms with Crippen molar-refractivity contribution in [1.29, 1.82) is 0 Å². The van der Waals surface area contributed by atoms with E-state index in [2.05, 4.69) is 10.2 Å². The van der Waals surface area contributed by atoms with E-state index in [1.54, 1.807) is 13.0 Å². The average Bonchev–Trinajstić information content (AvgIpc) is 3.36. The molecule has 1 amide bonds. The molecule has 2 aliphatic rings. The van der Waals surface area contributed by atoms with E-state index in [1.807, 2.05) is 30.3 Å². The summed E-state index contributed by atoms with van der Waals surface area (Å²) in [6.45, 7) is 9.45. The van der Waals surface area contributed by atoms with Crippen molar-refractivity contribution in [3.8, 4) is 5.75 Å². The minimum absolute atomic E-state index is 0.111. The molecule has 1 fully saturated rings. The molecule has 2 aliphatic heterocycles. The molecule has 1 atom stereocenters. The van der Waals surface area contributed by atoms with Crippen LogP contribution in [-0.4, -0.2) is 37.8 Å². The van der Waals surface area contributed by atoms with Crippen molar-refractivity contribution < 1.29 is 17.9 Å². The zero-order valence-electron chi connectivity index (χ0n) is 16.5. The van der Waals surface area contributed by atoms with Gasteiger partial charge in [-0.05, 0) is 50.1 Å². The van der Waals surface area contributed by atoms with Gasteiger partial charge in [0, 0.05) is 17.8 Å². The number of amides is 1. The largest absolute Gasteiger partial charge is 0.492 e. The molecule has 0 aromatic heterocycles. The Labute approximate surface area is 175 Å². The number of nitrogens with zero attached hydrogens (tertiary/aromatic N) is 2. The van der Waals surface area contributed by atoms with Crippen molar-refractivity contribution in [1.82, 2.24) is 4.31 Å². The molecular formula is C22H21N3O4S. The molecule has 0 saturated carbocycles. The second-order valence-electron chi connectivity index (χ2n) is 7.27. The number of para-hydroxylation sites is 1. The van der Waals surface area contributed by atoms with Gasteiger partial charge in [-0.15, -0.1) is 0 Å². The summed E-state index contributed by atoms with van der Waals surface area (Å²) in [7, 11) is -3.77. The van der Waals surface area contributed by atoms with E-state index in [-0.39, 0.29) is 34.7 Å². The zero-order valence-corrected chi connectivity index (χ0v) is 17.3. The summed E-state index contributed by atoms with van der Waals surface area (Å²) >= 11 is 0. The third kappa shape index (κ3) is 3.58. The Morgan fingerprint density at radius 1 is 1.27 bits per heavy atom. The quantitative estimate of drug-likeness (QED) is 0.589. The van der Waals surface area contributed by atoms with Gasteiger partial charge < -0.3 is 10.1 Å². The molecular weight excluding hydrogens is 402 g/mol. The number of benzene rings is 2. The van der Waals surface area contributed by atoms with E-state index < -0.39 is 10.0 Å². The molecule has 0 aliphatic carbocycles. The highest BCUT2D eigenvalue weighted by Gasteiger charge is 2.37. The van der Waals surface area contributed by atoms with E-state index in [0.29, 0.717) is 23.5 Å². The number of hydrogen-bond acceptors (Lipinski definition) is 4. The first kappa shape index (κ1) is 20.1. The number of allylic oxidation sites excluding steroid dienone is 1. The van der Waals surface area contributed by atoms with Gasteiger partial charge in [-0.25, -0.2) is 13.3 Å². The Morgan fingerprint density at radius 3 is 2.77 bits per heavy atom. The third-order valence-corrected chi connectivity index (χ3v) is 7.33. The number of ether oxygens (including phenoxy) is 1. The molecule has 1 N–H and O–H groups in total. The van der Waals surface area contributed by atoms with Gasteiger partial charge in [0.1, 0.15) is 12.4 Å². The predicted octanol–water partition coefficient (Wildman–Crippen LogP) is 3.52. The second-order valence-corrected chi connectivity index (χ2v) is 9.16. The van der Waals surface area contributed by atoms with E-state index in [4.69, 9.17) is 11.3 Å². The second kappa shape index (κ2) is 7.94. The average molecular weight is 423 g/mol. The van der Waals surface area contributed by atoms with Gasteiger partial charge in [-0.3, -0.25) is 4.79 Å². The topological polar surface area (TPSA) is 80.1 Å². The van der Waals surface area contributed by atoms with E-state index in [1.165, 1.54) is 16.4 Å². The van der Waals surface area contributed by atoms with Gasteiger partial charge in [0.2, 0.25) is 15.9 Å². The Hall–Kier alpha value is -3.15. The molecule has 4 rings (SSSR count). The third-order valence-electron chi connectivity index (χ3n) is 5.38. The maximum Gasteiger partial charge on any atom is 0.245 e. The number of nitrogens with one attached hydrogen (secondary N) is 1. The molecule has 2 aromatic rings. The van der Waals surface area contributed by atoms with Crippen LogP contribution in [0.25, 0.3) is 10.4 Å². The van der Waals surface area contributed by atoms with Crippen LogP contribution in [0.5, 0.6) is 5.75 Å². The van der Waals surface area contributed by atoms with E-state index >= 15 is 0 Å². The lowest BCUT2D eigenvalue weighted by molar-refractivity contribution is -0.110. The SMILES string of the molecule is [C-]#[N+]/C(C)=C1/C(=O)Nc2ccc(S(=O)(=O)N3CCC[C@H]3COc3ccccc3)cc21. The van der Waals surface area contributed by atoms with Crippen LogP contribution in [0.1, 0.15) is 25.3 Å². The van der Waals surface area contributed by atoms with Gasteiger partial charge in [0.25, 0.3) is 0 Å². The Bertz CT molecular complexity index is 1170. The summed E-state index contributed by atoms with van der Waals surface area (Å²) in [4.78, 5) is 15.7. The van der Waals surface area contributed by atoms with Crippen molar-refractivity contribution in [2.45, 2.75) is 30.7 Å². The van der Waals surface area contributed by atoms with Crippen LogP contribution in [0.4, 0.5) is 5.69 Å². The summed E-state index contributed by atoms with van der Waals surface area (Å²) < 4.78 is 34.0. The van der Waals surface area contributed by atoms with Crippen LogP contribution in [0, 0.1) is 6.57 Å². The van der Waals surface area contributed by atoms with Crippen molar-refractivity contribution in [3.05, 3.63) is 71.2 Å². The number of fused-ring (bicyclic) bond motifs is 1. The molecule has 1 saturated heterocycles. The Balaban J connectivity index is 1.62. The van der Waals surface area contributed by atoms with Crippen LogP contribution >= 0.6 is 0 Å². The molecule has 30 heavy (non-hydrogen) atoms. The van der Waals surface area contributed by atoms with Crippen LogP contribution in [0.2, 0.25) is 0 Å². The van der Waals surface area contributed by atoms with Crippen molar-refractivity contribution in [3.63, 3.8) is 0 Å². The first-order valence-electron chi connectivity index (χ1n) is 9.65. The van der Waals surface area contributed by atoms with Gasteiger partial charge in [0.15, 0.2) is 5.70 Å². The lowest BCUT2D eigenvalue weighted by atomic mass is 10.1. The fourth-order valence-corrected chi connectivity index (χ4v) is 5.56. The summed E-state index contributed by atoms with van der Waals surface area (Å²) in [5, 5.41) is 2.69. The van der Waals surface area contributed by atoms with Gasteiger partial charge >= 0.3 is 0 Å². The van der Waals surface area contributed by atoms with Crippen LogP contribution < -0.4 is 10.1 Å². The first-order valence-corrected chi connectivity index (χ1v) is 11.1. The van der Waals surface area contributed by atoms with Crippen molar-refractivity contribution in [2.75, 3.05) is 18.5 Å². The minimum Gasteiger partial charge on any atom is -0.492 e. The summed E-state index contributed by atoms with van der Waals surface area (Å²) in [6.07, 6.45) is 1.48. The van der Waals surface area contributed by atoms with E-state index in [0.717, 1.165) is 12.8 Å². The summed E-state index contributed by atoms with van der Waals surface area (Å²) in [5.41, 5.74) is 1.42. The molecule has 0 spiro atoms. The monoisotopic (exact) mass is 423 g/mol. The highest BCUT2D eigenvalue weighted by atomic mass is 32.2. The maximum atomic E-state index is 13.4. The molecule has 2 aromatic carbocycles. The van der Waals surface area contributed by atoms with Crippen LogP contribution in [-0.2, 0) is 14.8 Å². The number of hydrogen-bond donors (Lipinski definition) is 1. The standard InChI is InChI=1S/C22H21N3O4S/c1-15(23-2)21-19-13-18(10-11-20(19)24-22(21)26)30(27,28)25-12-6-7-16(25)14-29-17-8-4-3-5-9-17/h3-5,8-11,13,16H,6-7,12,14H2,1H3,(H,24,26)/b21-15+/t16-/m0/s1. The zero-order chi connectivity index (χ0) is 21.3. The molecule has 0 bridgehead atoms. The highest BCUT2D eigenvalue weighted by molar-refractivity contribution is 7.89. The smallest absolute Gasteiger partial charge is 0.245 e. The lowest BCUT2D eigenvalue weighted by Gasteiger charge is -2.24. The maximum absolute atomic E-state index is 13.4. The fraction of sp³-hybridized carbons (Fsp3) is 0.273. The van der Waals surface area contributed by atoms with Gasteiger partial charge in [0.05, 0.1) is 23.1 Å². The number of carbonyl (C=O) groups excluding carboxylic acids is 1. The summed E-state index contributed by atoms with van der Waals surface area (Å²) in [5.74, 6) is 0.316. The molecule has 0 unspecified atom stereocenters. The van der Waals surface area contributed by atoms with Gasteiger partial charge in [-0.1, -0.05) is 18.2 Å². The molecule has 7 nitrogen and oxygen atoms in total. The van der Waals surface area contributed by atoms with Crippen LogP contribution in [0.15, 0.2) is 59.1 Å². The molecule has 2 heterocycles. The minimum atomic E-state index is -3.77. The Kier molecular flexibility index (Phi) is 5.33. The number of carbonyl (C=O) groups is 1. The molecule has 0 radical (unpaired) electrons. The normalized spacial score (nSPS) is 20.4. The molecule has 154 valence electrons. The first-order chi connectivity index (χ1) is 14.4.